The molecule has 0 aromatic carbocycles. The summed E-state index contributed by atoms with van der Waals surface area (Å²) >= 11 is 0. The molecule has 0 aromatic heterocycles. The second kappa shape index (κ2) is 12.0. The minimum absolute atomic E-state index is 0.0631. The maximum absolute atomic E-state index is 12.7. The van der Waals surface area contributed by atoms with E-state index in [2.05, 4.69) is 20.9 Å². The summed E-state index contributed by atoms with van der Waals surface area (Å²) in [4.78, 5) is 42.3. The number of aliphatic imine (C=N–C) groups is 1. The Morgan fingerprint density at radius 2 is 2.11 bits per heavy atom. The van der Waals surface area contributed by atoms with E-state index in [9.17, 15) is 29.7 Å². The Morgan fingerprint density at radius 3 is 2.72 bits per heavy atom. The predicted molar refractivity (Wildman–Crippen MR) is 124 cm³/mol. The fourth-order valence-corrected chi connectivity index (χ4v) is 4.66. The van der Waals surface area contributed by atoms with Gasteiger partial charge in [0.1, 0.15) is 18.2 Å². The number of primary amides is 1. The minimum Gasteiger partial charge on any atom is -0.441 e. The first-order valence-corrected chi connectivity index (χ1v) is 11.8. The Balaban J connectivity index is 1.81. The van der Waals surface area contributed by atoms with Crippen molar-refractivity contribution < 1.29 is 39.2 Å². The molecule has 0 bridgehead atoms. The summed E-state index contributed by atoms with van der Waals surface area (Å²) in [5.41, 5.74) is 16.6. The number of carbonyl (C=O) groups is 3. The molecule has 0 aromatic rings. The molecule has 3 aliphatic rings. The number of β-amino-alcohol motifs (C(OH)–C–C–N with tert-alkyl or cyclic N) is 1. The van der Waals surface area contributed by atoms with Crippen LogP contribution in [0.4, 0.5) is 4.79 Å². The van der Waals surface area contributed by atoms with Gasteiger partial charge in [0.25, 0.3) is 0 Å². The molecule has 16 nitrogen and oxygen atoms in total. The average molecular weight is 517 g/mol. The lowest BCUT2D eigenvalue weighted by Gasteiger charge is -2.44. The van der Waals surface area contributed by atoms with E-state index < -0.39 is 73.4 Å². The molecule has 3 aliphatic heterocycles. The Morgan fingerprint density at radius 1 is 1.39 bits per heavy atom. The number of amides is 3. The number of carbonyl (C=O) groups excluding carboxylic acids is 3. The summed E-state index contributed by atoms with van der Waals surface area (Å²) in [6.07, 6.45) is -6.33. The molecule has 204 valence electrons. The van der Waals surface area contributed by atoms with Crippen molar-refractivity contribution in [3.8, 4) is 0 Å². The summed E-state index contributed by atoms with van der Waals surface area (Å²) in [5.74, 6) is -0.717. The molecule has 2 fully saturated rings. The van der Waals surface area contributed by atoms with Gasteiger partial charge < -0.3 is 62.8 Å². The first-order valence-electron chi connectivity index (χ1n) is 11.8. The zero-order chi connectivity index (χ0) is 26.6. The summed E-state index contributed by atoms with van der Waals surface area (Å²) in [7, 11) is 1.62. The van der Waals surface area contributed by atoms with Crippen LogP contribution in [0.2, 0.25) is 0 Å². The first kappa shape index (κ1) is 27.8. The highest BCUT2D eigenvalue weighted by Crippen LogP contribution is 2.26. The van der Waals surface area contributed by atoms with Crippen molar-refractivity contribution in [2.75, 3.05) is 26.7 Å². The smallest absolute Gasteiger partial charge is 0.404 e. The number of nitrogens with one attached hydrogen (secondary N) is 3. The molecule has 0 saturated carbocycles. The van der Waals surface area contributed by atoms with Gasteiger partial charge in [-0.05, 0) is 19.4 Å². The van der Waals surface area contributed by atoms with Crippen molar-refractivity contribution in [2.45, 2.75) is 74.1 Å². The molecule has 16 heteroatoms. The van der Waals surface area contributed by atoms with Crippen LogP contribution in [0.15, 0.2) is 4.99 Å². The predicted octanol–water partition coefficient (Wildman–Crippen LogP) is -5.41. The van der Waals surface area contributed by atoms with E-state index in [0.29, 0.717) is 19.4 Å². The van der Waals surface area contributed by atoms with Crippen molar-refractivity contribution in [3.63, 3.8) is 0 Å². The molecule has 0 spiro atoms. The number of hydrogen-bond acceptors (Lipinski definition) is 13. The molecular weight excluding hydrogens is 480 g/mol. The van der Waals surface area contributed by atoms with Crippen LogP contribution in [0, 0.1) is 0 Å². The van der Waals surface area contributed by atoms with Gasteiger partial charge in [-0.15, -0.1) is 0 Å². The van der Waals surface area contributed by atoms with Crippen molar-refractivity contribution >= 4 is 23.9 Å². The monoisotopic (exact) mass is 516 g/mol. The van der Waals surface area contributed by atoms with Gasteiger partial charge in [0.05, 0.1) is 18.8 Å². The number of aliphatic hydroxyl groups excluding tert-OH is 3. The minimum atomic E-state index is -1.55. The van der Waals surface area contributed by atoms with Crippen molar-refractivity contribution in [2.24, 2.45) is 22.2 Å². The Kier molecular flexibility index (Phi) is 9.26. The molecule has 3 heterocycles. The molecule has 0 radical (unpaired) electrons. The van der Waals surface area contributed by atoms with Gasteiger partial charge in [-0.3, -0.25) is 9.59 Å². The number of fused-ring (bicyclic) bond motifs is 1. The van der Waals surface area contributed by atoms with Gasteiger partial charge in [0.2, 0.25) is 11.8 Å². The van der Waals surface area contributed by atoms with Gasteiger partial charge in [0, 0.05) is 26.1 Å². The highest BCUT2D eigenvalue weighted by molar-refractivity contribution is 5.92. The van der Waals surface area contributed by atoms with Crippen LogP contribution in [0.25, 0.3) is 0 Å². The molecule has 9 atom stereocenters. The van der Waals surface area contributed by atoms with Gasteiger partial charge in [-0.1, -0.05) is 0 Å². The average Bonchev–Trinajstić information content (AvgIpc) is 3.15. The number of nitrogens with zero attached hydrogens (tertiary/aromatic N) is 2. The van der Waals surface area contributed by atoms with E-state index in [1.54, 1.807) is 11.9 Å². The Bertz CT molecular complexity index is 847. The molecule has 0 unspecified atom stereocenters. The molecule has 3 amide bonds. The maximum Gasteiger partial charge on any atom is 0.404 e. The second-order valence-corrected chi connectivity index (χ2v) is 9.11. The second-order valence-electron chi connectivity index (χ2n) is 9.11. The van der Waals surface area contributed by atoms with Crippen LogP contribution in [0.1, 0.15) is 19.3 Å². The van der Waals surface area contributed by atoms with Crippen molar-refractivity contribution in [1.29, 1.82) is 0 Å². The third-order valence-corrected chi connectivity index (χ3v) is 6.49. The third kappa shape index (κ3) is 6.13. The lowest BCUT2D eigenvalue weighted by atomic mass is 9.95. The van der Waals surface area contributed by atoms with E-state index in [-0.39, 0.29) is 24.8 Å². The highest BCUT2D eigenvalue weighted by Gasteiger charge is 2.51. The van der Waals surface area contributed by atoms with E-state index in [1.807, 2.05) is 0 Å². The van der Waals surface area contributed by atoms with Gasteiger partial charge in [-0.2, -0.15) is 0 Å². The highest BCUT2D eigenvalue weighted by atomic mass is 16.6. The van der Waals surface area contributed by atoms with Crippen molar-refractivity contribution in [3.05, 3.63) is 0 Å². The van der Waals surface area contributed by atoms with Crippen LogP contribution in [-0.2, 0) is 19.1 Å². The number of hydrogen-bond donors (Lipinski definition) is 9. The quantitative estimate of drug-likeness (QED) is 0.139. The van der Waals surface area contributed by atoms with Gasteiger partial charge in [-0.25, -0.2) is 9.79 Å². The lowest BCUT2D eigenvalue weighted by molar-refractivity contribution is -0.198. The van der Waals surface area contributed by atoms with Crippen LogP contribution < -0.4 is 33.2 Å². The number of nitrogens with two attached hydrogens (primary N) is 3. The van der Waals surface area contributed by atoms with Gasteiger partial charge >= 0.3 is 6.09 Å². The molecular formula is C20H36N8O8. The molecule has 2 saturated heterocycles. The van der Waals surface area contributed by atoms with E-state index >= 15 is 0 Å². The zero-order valence-corrected chi connectivity index (χ0v) is 19.9. The van der Waals surface area contributed by atoms with Gasteiger partial charge in [0.15, 0.2) is 24.3 Å². The number of likely N-dealkylation sites (N-methyl/N-ethyl adjacent to an activating group) is 1. The molecule has 36 heavy (non-hydrogen) atoms. The van der Waals surface area contributed by atoms with Crippen molar-refractivity contribution in [1.82, 2.24) is 20.9 Å². The van der Waals surface area contributed by atoms with E-state index in [1.165, 1.54) is 0 Å². The Hall–Kier alpha value is -2.76. The third-order valence-electron chi connectivity index (χ3n) is 6.49. The van der Waals surface area contributed by atoms with Crippen LogP contribution in [-0.4, -0.2) is 126 Å². The number of rotatable bonds is 9. The van der Waals surface area contributed by atoms with E-state index in [0.717, 1.165) is 0 Å². The molecule has 3 rings (SSSR count). The standard InChI is InChI=1S/C20H36N8O8/c1-28-14-9(30)6-24-17(33)12(14)26-20(28)27-18-13(25-11(31)5-8(22)3-2-4-21)15(32)16(36-19(23)34)10(7-29)35-18/h8-10,12-16,18,29-30,32H,2-7,21-22H2,1H3,(H2,23,34)(H,24,33)(H,25,31)(H,26,27)/t8-,9-,10+,12+,13+,14-,15+,16+,18+/m1/s1. The molecule has 0 aliphatic carbocycles. The summed E-state index contributed by atoms with van der Waals surface area (Å²) in [6, 6.07) is -3.20. The number of guanidine groups is 1. The number of ether oxygens (including phenoxy) is 2. The topological polar surface area (TPSA) is 260 Å². The lowest BCUT2D eigenvalue weighted by Crippen LogP contribution is -2.70. The summed E-state index contributed by atoms with van der Waals surface area (Å²) < 4.78 is 10.8. The largest absolute Gasteiger partial charge is 0.441 e. The summed E-state index contributed by atoms with van der Waals surface area (Å²) in [5, 5.41) is 39.3. The SMILES string of the molecule is CN1C(N[C@H]2O[C@@H](CO)[C@H](OC(N)=O)[C@@H](O)[C@@H]2NC(=O)C[C@H](N)CCCN)=N[C@@H]2C(=O)NC[C@@H](O)[C@H]21. The maximum atomic E-state index is 12.7. The zero-order valence-electron chi connectivity index (χ0n) is 19.9. The van der Waals surface area contributed by atoms with E-state index in [4.69, 9.17) is 26.7 Å². The fourth-order valence-electron chi connectivity index (χ4n) is 4.66. The van der Waals surface area contributed by atoms with Crippen LogP contribution in [0.5, 0.6) is 0 Å². The van der Waals surface area contributed by atoms with Crippen LogP contribution in [0.3, 0.4) is 0 Å². The summed E-state index contributed by atoms with van der Waals surface area (Å²) in [6.45, 7) is -0.157. The fraction of sp³-hybridized carbons (Fsp3) is 0.800. The normalized spacial score (nSPS) is 34.8. The Labute approximate surface area is 207 Å². The number of piperidine rings is 1. The van der Waals surface area contributed by atoms with Crippen LogP contribution >= 0.6 is 0 Å². The first-order chi connectivity index (χ1) is 17.1. The molecule has 12 N–H and O–H groups in total. The number of aliphatic hydroxyl groups is 3.